The Labute approximate surface area is 136 Å². The summed E-state index contributed by atoms with van der Waals surface area (Å²) in [6, 6.07) is 0. The second-order valence-electron chi connectivity index (χ2n) is 9.10. The zero-order chi connectivity index (χ0) is 15.9. The van der Waals surface area contributed by atoms with Gasteiger partial charge in [-0.05, 0) is 0 Å². The summed E-state index contributed by atoms with van der Waals surface area (Å²) in [7, 11) is -2.23. The second-order valence-corrected chi connectivity index (χ2v) is 30.7. The van der Waals surface area contributed by atoms with Crippen molar-refractivity contribution in [3.63, 3.8) is 0 Å². The first-order chi connectivity index (χ1) is 9.56. The molecule has 0 aromatic carbocycles. The van der Waals surface area contributed by atoms with Crippen molar-refractivity contribution in [2.24, 2.45) is 0 Å². The zero-order valence-electron chi connectivity index (χ0n) is 14.9. The topological polar surface area (TPSA) is 9.23 Å². The molecule has 0 fully saturated rings. The molecule has 2 rings (SSSR count). The van der Waals surface area contributed by atoms with Crippen LogP contribution in [0.1, 0.15) is 13.3 Å². The van der Waals surface area contributed by atoms with Crippen molar-refractivity contribution >= 4 is 29.8 Å². The van der Waals surface area contributed by atoms with Crippen LogP contribution in [0.2, 0.25) is 53.8 Å². The molecule has 1 aliphatic carbocycles. The molecule has 118 valence electrons. The van der Waals surface area contributed by atoms with E-state index in [1.165, 1.54) is 21.1 Å². The van der Waals surface area contributed by atoms with Crippen LogP contribution in [0, 0.1) is 0 Å². The zero-order valence-corrected chi connectivity index (χ0v) is 19.0. The summed E-state index contributed by atoms with van der Waals surface area (Å²) in [5.41, 5.74) is 1.54. The molecule has 0 aromatic rings. The van der Waals surface area contributed by atoms with Crippen LogP contribution in [0.4, 0.5) is 0 Å². The fourth-order valence-electron chi connectivity index (χ4n) is 4.06. The summed E-state index contributed by atoms with van der Waals surface area (Å²) in [6.45, 7) is 17.4. The molecule has 0 N–H and O–H groups in total. The Morgan fingerprint density at radius 2 is 1.57 bits per heavy atom. The molecular weight excluding hydrogens is 349 g/mol. The average Bonchev–Trinajstić information content (AvgIpc) is 2.59. The summed E-state index contributed by atoms with van der Waals surface area (Å²) >= 11 is -2.36. The van der Waals surface area contributed by atoms with Crippen molar-refractivity contribution in [1.82, 2.24) is 0 Å². The minimum absolute atomic E-state index is 0.670. The number of fused-ring (bicyclic) bond motifs is 1. The number of allylic oxidation sites excluding steroid dienone is 6. The van der Waals surface area contributed by atoms with E-state index in [2.05, 4.69) is 70.5 Å². The molecule has 1 heterocycles. The molecule has 0 saturated heterocycles. The summed E-state index contributed by atoms with van der Waals surface area (Å²) in [6.07, 6.45) is 10.4. The molecule has 1 atom stereocenters. The van der Waals surface area contributed by atoms with Gasteiger partial charge in [-0.2, -0.15) is 0 Å². The third-order valence-corrected chi connectivity index (χ3v) is 33.2. The van der Waals surface area contributed by atoms with E-state index in [4.69, 9.17) is 3.76 Å². The number of hydrogen-bond donors (Lipinski definition) is 0. The molecule has 0 amide bonds. The molecule has 0 spiro atoms. The van der Waals surface area contributed by atoms with Gasteiger partial charge in [-0.3, -0.25) is 0 Å². The fraction of sp³-hybridized carbons (Fsp3) is 0.647. The fourth-order valence-corrected chi connectivity index (χ4v) is 41.9. The molecule has 2 aliphatic rings. The molecule has 4 heteroatoms. The first-order valence-corrected chi connectivity index (χ1v) is 20.8. The van der Waals surface area contributed by atoms with Gasteiger partial charge >= 0.3 is 136 Å². The first kappa shape index (κ1) is 17.4. The van der Waals surface area contributed by atoms with Gasteiger partial charge in [0, 0.05) is 0 Å². The molecule has 1 unspecified atom stereocenters. The maximum absolute atomic E-state index is 6.93. The summed E-state index contributed by atoms with van der Waals surface area (Å²) in [4.78, 5) is 2.90. The van der Waals surface area contributed by atoms with Gasteiger partial charge in [0.05, 0.1) is 0 Å². The number of rotatable bonds is 5. The van der Waals surface area contributed by atoms with Gasteiger partial charge in [0.1, 0.15) is 0 Å². The Bertz CT molecular complexity index is 476. The second kappa shape index (κ2) is 5.89. The van der Waals surface area contributed by atoms with Gasteiger partial charge in [0.2, 0.25) is 0 Å². The van der Waals surface area contributed by atoms with E-state index in [1.807, 2.05) is 0 Å². The molecule has 0 saturated carbocycles. The van der Waals surface area contributed by atoms with Crippen molar-refractivity contribution < 1.29 is 3.76 Å². The Morgan fingerprint density at radius 1 is 1.00 bits per heavy atom. The Morgan fingerprint density at radius 3 is 2.05 bits per heavy atom. The summed E-state index contributed by atoms with van der Waals surface area (Å²) < 4.78 is 7.60. The van der Waals surface area contributed by atoms with Crippen LogP contribution in [0.15, 0.2) is 35.6 Å². The van der Waals surface area contributed by atoms with E-state index < -0.39 is 29.8 Å². The minimum atomic E-state index is -2.36. The normalized spacial score (nSPS) is 24.2. The molecule has 1 aliphatic heterocycles. The monoisotopic (exact) mass is 382 g/mol. The van der Waals surface area contributed by atoms with Gasteiger partial charge in [-0.25, -0.2) is 0 Å². The predicted molar refractivity (Wildman–Crippen MR) is 102 cm³/mol. The molecule has 0 radical (unpaired) electrons. The third-order valence-electron chi connectivity index (χ3n) is 4.22. The Balaban J connectivity index is 2.43. The SMILES string of the molecule is CCC1=C2C=CC=C[CH]2[Ge]([CH2][Si](C)(C)C)([CH2][Si](C)(C)C)[O]1. The van der Waals surface area contributed by atoms with Gasteiger partial charge < -0.3 is 0 Å². The predicted octanol–water partition coefficient (Wildman–Crippen LogP) is 5.88. The van der Waals surface area contributed by atoms with Crippen molar-refractivity contribution in [2.45, 2.75) is 67.1 Å². The third kappa shape index (κ3) is 4.05. The van der Waals surface area contributed by atoms with E-state index in [0.717, 1.165) is 6.42 Å². The number of hydrogen-bond acceptors (Lipinski definition) is 1. The van der Waals surface area contributed by atoms with E-state index >= 15 is 0 Å². The van der Waals surface area contributed by atoms with Crippen LogP contribution in [0.25, 0.3) is 0 Å². The van der Waals surface area contributed by atoms with Gasteiger partial charge in [-0.1, -0.05) is 0 Å². The van der Waals surface area contributed by atoms with E-state index in [1.54, 1.807) is 0 Å². The standard InChI is InChI=1S/C17H32GeOSi2/c1-8-17-15-11-9-10-12-16(15)18(19-17,13-20(2,3)4)14-21(5,6)7/h9-12,16H,8,13-14H2,1-7H3. The van der Waals surface area contributed by atoms with Crippen molar-refractivity contribution in [2.75, 3.05) is 0 Å². The van der Waals surface area contributed by atoms with Gasteiger partial charge in [0.25, 0.3) is 0 Å². The maximum atomic E-state index is 6.93. The van der Waals surface area contributed by atoms with Crippen molar-refractivity contribution in [3.8, 4) is 0 Å². The van der Waals surface area contributed by atoms with Gasteiger partial charge in [0.15, 0.2) is 0 Å². The van der Waals surface area contributed by atoms with E-state index in [0.29, 0.717) is 4.75 Å². The van der Waals surface area contributed by atoms with Crippen LogP contribution in [-0.4, -0.2) is 29.8 Å². The van der Waals surface area contributed by atoms with Crippen molar-refractivity contribution in [3.05, 3.63) is 35.6 Å². The summed E-state index contributed by atoms with van der Waals surface area (Å²) in [5.74, 6) is 1.33. The van der Waals surface area contributed by atoms with Crippen LogP contribution < -0.4 is 0 Å². The van der Waals surface area contributed by atoms with Crippen molar-refractivity contribution in [1.29, 1.82) is 0 Å². The van der Waals surface area contributed by atoms with Crippen LogP contribution in [0.3, 0.4) is 0 Å². The molecule has 0 aromatic heterocycles. The Kier molecular flexibility index (Phi) is 4.87. The average molecular weight is 381 g/mol. The first-order valence-electron chi connectivity index (χ1n) is 8.33. The molecular formula is C17H32GeOSi2. The summed E-state index contributed by atoms with van der Waals surface area (Å²) in [5, 5.41) is 0. The van der Waals surface area contributed by atoms with E-state index in [-0.39, 0.29) is 0 Å². The van der Waals surface area contributed by atoms with Crippen LogP contribution in [0.5, 0.6) is 0 Å². The quantitative estimate of drug-likeness (QED) is 0.541. The van der Waals surface area contributed by atoms with Crippen LogP contribution in [-0.2, 0) is 3.76 Å². The van der Waals surface area contributed by atoms with E-state index in [9.17, 15) is 0 Å². The van der Waals surface area contributed by atoms with Gasteiger partial charge in [-0.15, -0.1) is 0 Å². The molecule has 1 nitrogen and oxygen atoms in total. The molecule has 0 bridgehead atoms. The molecule has 21 heavy (non-hydrogen) atoms. The Hall–Kier alpha value is -0.00338. The van der Waals surface area contributed by atoms with Crippen LogP contribution >= 0.6 is 0 Å².